The van der Waals surface area contributed by atoms with Crippen LogP contribution in [0.1, 0.15) is 24.8 Å². The molecule has 3 fully saturated rings. The second kappa shape index (κ2) is 6.86. The summed E-state index contributed by atoms with van der Waals surface area (Å²) in [6.45, 7) is 5.53. The van der Waals surface area contributed by atoms with E-state index in [-0.39, 0.29) is 18.1 Å². The molecule has 0 bridgehead atoms. The summed E-state index contributed by atoms with van der Waals surface area (Å²) >= 11 is 0. The molecule has 0 aromatic carbocycles. The van der Waals surface area contributed by atoms with Gasteiger partial charge >= 0.3 is 0 Å². The molecular formula is C18H27N3O3. The van der Waals surface area contributed by atoms with E-state index < -0.39 is 0 Å². The summed E-state index contributed by atoms with van der Waals surface area (Å²) in [4.78, 5) is 19.5. The number of nitrogens with zero attached hydrogens (tertiary/aromatic N) is 3. The Morgan fingerprint density at radius 2 is 2.00 bits per heavy atom. The summed E-state index contributed by atoms with van der Waals surface area (Å²) in [5, 5.41) is 0. The van der Waals surface area contributed by atoms with Gasteiger partial charge in [-0.15, -0.1) is 0 Å². The molecule has 4 rings (SSSR count). The smallest absolute Gasteiger partial charge is 0.251 e. The molecule has 3 aliphatic heterocycles. The van der Waals surface area contributed by atoms with Gasteiger partial charge in [0.25, 0.3) is 5.91 Å². The van der Waals surface area contributed by atoms with Gasteiger partial charge in [-0.25, -0.2) is 0 Å². The van der Waals surface area contributed by atoms with E-state index in [2.05, 4.69) is 16.8 Å². The number of fused-ring (bicyclic) bond motifs is 1. The molecule has 0 radical (unpaired) electrons. The van der Waals surface area contributed by atoms with Crippen molar-refractivity contribution in [1.82, 2.24) is 14.7 Å². The molecule has 0 saturated carbocycles. The van der Waals surface area contributed by atoms with Crippen LogP contribution in [0.25, 0.3) is 0 Å². The number of piperazine rings is 1. The molecule has 3 aliphatic rings. The summed E-state index contributed by atoms with van der Waals surface area (Å²) in [7, 11) is 2.11. The van der Waals surface area contributed by atoms with E-state index in [0.29, 0.717) is 6.04 Å². The van der Waals surface area contributed by atoms with Crippen molar-refractivity contribution in [2.45, 2.75) is 44.1 Å². The van der Waals surface area contributed by atoms with Crippen molar-refractivity contribution >= 4 is 5.91 Å². The average Bonchev–Trinajstić information content (AvgIpc) is 3.25. The van der Waals surface area contributed by atoms with Crippen LogP contribution in [0.3, 0.4) is 0 Å². The average molecular weight is 333 g/mol. The number of hydrogen-bond acceptors (Lipinski definition) is 5. The maximum absolute atomic E-state index is 12.7. The highest BCUT2D eigenvalue weighted by Crippen LogP contribution is 2.33. The molecule has 24 heavy (non-hydrogen) atoms. The Bertz CT molecular complexity index is 554. The molecule has 132 valence electrons. The summed E-state index contributed by atoms with van der Waals surface area (Å²) in [6.07, 6.45) is 6.42. The molecule has 3 saturated heterocycles. The van der Waals surface area contributed by atoms with Gasteiger partial charge < -0.3 is 19.0 Å². The van der Waals surface area contributed by atoms with E-state index in [1.807, 2.05) is 17.2 Å². The van der Waals surface area contributed by atoms with Gasteiger partial charge in [-0.2, -0.15) is 0 Å². The normalized spacial score (nSPS) is 32.0. The maximum atomic E-state index is 12.7. The third-order valence-corrected chi connectivity index (χ3v) is 5.72. The number of furan rings is 1. The molecular weight excluding hydrogens is 306 g/mol. The molecule has 0 unspecified atom stereocenters. The van der Waals surface area contributed by atoms with Gasteiger partial charge in [-0.1, -0.05) is 0 Å². The van der Waals surface area contributed by atoms with Crippen LogP contribution in [0.4, 0.5) is 0 Å². The van der Waals surface area contributed by atoms with Crippen LogP contribution in [-0.2, 0) is 16.1 Å². The Morgan fingerprint density at radius 1 is 1.17 bits per heavy atom. The topological polar surface area (TPSA) is 49.2 Å². The molecule has 0 N–H and O–H groups in total. The molecule has 4 heterocycles. The largest absolute Gasteiger partial charge is 0.472 e. The first kappa shape index (κ1) is 16.1. The quantitative estimate of drug-likeness (QED) is 0.831. The molecule has 6 heteroatoms. The van der Waals surface area contributed by atoms with Gasteiger partial charge in [-0.3, -0.25) is 9.69 Å². The molecule has 3 atom stereocenters. The first-order valence-corrected chi connectivity index (χ1v) is 9.08. The first-order valence-electron chi connectivity index (χ1n) is 9.08. The SMILES string of the molecule is CN1CCN(C(=O)[C@@H]2CC[C@@H]3[C@@H](CCN3Cc3ccoc3)O2)CC1. The van der Waals surface area contributed by atoms with Gasteiger partial charge in [0, 0.05) is 50.9 Å². The minimum absolute atomic E-state index is 0.201. The molecule has 1 aromatic rings. The van der Waals surface area contributed by atoms with Crippen LogP contribution in [0.5, 0.6) is 0 Å². The van der Waals surface area contributed by atoms with Crippen LogP contribution in [0, 0.1) is 0 Å². The maximum Gasteiger partial charge on any atom is 0.251 e. The fraction of sp³-hybridized carbons (Fsp3) is 0.722. The summed E-state index contributed by atoms with van der Waals surface area (Å²) in [5.41, 5.74) is 1.21. The van der Waals surface area contributed by atoms with Gasteiger partial charge in [0.2, 0.25) is 0 Å². The third-order valence-electron chi connectivity index (χ3n) is 5.72. The summed E-state index contributed by atoms with van der Waals surface area (Å²) in [6, 6.07) is 2.47. The number of likely N-dealkylation sites (tertiary alicyclic amines) is 1. The number of hydrogen-bond donors (Lipinski definition) is 0. The lowest BCUT2D eigenvalue weighted by molar-refractivity contribution is -0.156. The van der Waals surface area contributed by atoms with Crippen molar-refractivity contribution < 1.29 is 13.9 Å². The predicted octanol–water partition coefficient (Wildman–Crippen LogP) is 1.18. The lowest BCUT2D eigenvalue weighted by atomic mass is 9.98. The number of carbonyl (C=O) groups is 1. The van der Waals surface area contributed by atoms with Gasteiger partial charge in [-0.05, 0) is 32.4 Å². The Labute approximate surface area is 143 Å². The fourth-order valence-electron chi connectivity index (χ4n) is 4.24. The Hall–Kier alpha value is -1.37. The van der Waals surface area contributed by atoms with Crippen LogP contribution in [0.2, 0.25) is 0 Å². The molecule has 6 nitrogen and oxygen atoms in total. The molecule has 0 aliphatic carbocycles. The monoisotopic (exact) mass is 333 g/mol. The van der Waals surface area contributed by atoms with E-state index in [9.17, 15) is 4.79 Å². The molecule has 1 aromatic heterocycles. The first-order chi connectivity index (χ1) is 11.7. The van der Waals surface area contributed by atoms with Gasteiger partial charge in [0.1, 0.15) is 6.10 Å². The number of rotatable bonds is 3. The number of likely N-dealkylation sites (N-methyl/N-ethyl adjacent to an activating group) is 1. The van der Waals surface area contributed by atoms with Gasteiger partial charge in [0.15, 0.2) is 0 Å². The molecule has 1 amide bonds. The highest BCUT2D eigenvalue weighted by molar-refractivity contribution is 5.81. The van der Waals surface area contributed by atoms with E-state index in [4.69, 9.17) is 9.15 Å². The van der Waals surface area contributed by atoms with Crippen molar-refractivity contribution in [3.63, 3.8) is 0 Å². The Balaban J connectivity index is 1.33. The second-order valence-corrected chi connectivity index (χ2v) is 7.33. The van der Waals surface area contributed by atoms with Crippen LogP contribution < -0.4 is 0 Å². The number of carbonyl (C=O) groups excluding carboxylic acids is 1. The minimum Gasteiger partial charge on any atom is -0.472 e. The lowest BCUT2D eigenvalue weighted by Crippen LogP contribution is -2.53. The van der Waals surface area contributed by atoms with E-state index in [0.717, 1.165) is 58.5 Å². The summed E-state index contributed by atoms with van der Waals surface area (Å²) in [5.74, 6) is 0.204. The van der Waals surface area contributed by atoms with Crippen LogP contribution >= 0.6 is 0 Å². The Kier molecular flexibility index (Phi) is 4.61. The van der Waals surface area contributed by atoms with Crippen LogP contribution in [0.15, 0.2) is 23.0 Å². The zero-order chi connectivity index (χ0) is 16.5. The van der Waals surface area contributed by atoms with Gasteiger partial charge in [0.05, 0.1) is 18.6 Å². The molecule has 0 spiro atoms. The number of amides is 1. The highest BCUT2D eigenvalue weighted by atomic mass is 16.5. The zero-order valence-electron chi connectivity index (χ0n) is 14.4. The van der Waals surface area contributed by atoms with Crippen molar-refractivity contribution in [3.05, 3.63) is 24.2 Å². The van der Waals surface area contributed by atoms with Crippen molar-refractivity contribution in [2.75, 3.05) is 39.8 Å². The van der Waals surface area contributed by atoms with E-state index in [1.165, 1.54) is 5.56 Å². The zero-order valence-corrected chi connectivity index (χ0v) is 14.4. The van der Waals surface area contributed by atoms with Crippen molar-refractivity contribution in [1.29, 1.82) is 0 Å². The predicted molar refractivity (Wildman–Crippen MR) is 89.5 cm³/mol. The standard InChI is InChI=1S/C18H27N3O3/c1-19-7-9-20(10-8-19)18(22)17-3-2-15-16(24-17)4-6-21(15)12-14-5-11-23-13-14/h5,11,13,15-17H,2-4,6-10,12H2,1H3/t15-,16-,17+/m1/s1. The minimum atomic E-state index is -0.233. The Morgan fingerprint density at radius 3 is 2.75 bits per heavy atom. The third kappa shape index (κ3) is 3.23. The highest BCUT2D eigenvalue weighted by Gasteiger charge is 2.42. The van der Waals surface area contributed by atoms with Crippen LogP contribution in [-0.4, -0.2) is 78.6 Å². The van der Waals surface area contributed by atoms with E-state index in [1.54, 1.807) is 6.26 Å². The summed E-state index contributed by atoms with van der Waals surface area (Å²) < 4.78 is 11.4. The lowest BCUT2D eigenvalue weighted by Gasteiger charge is -2.39. The van der Waals surface area contributed by atoms with E-state index >= 15 is 0 Å². The number of ether oxygens (including phenoxy) is 1. The second-order valence-electron chi connectivity index (χ2n) is 7.33. The fourth-order valence-corrected chi connectivity index (χ4v) is 4.24. The van der Waals surface area contributed by atoms with Crippen molar-refractivity contribution in [3.8, 4) is 0 Å². The van der Waals surface area contributed by atoms with Crippen molar-refractivity contribution in [2.24, 2.45) is 0 Å².